The van der Waals surface area contributed by atoms with Gasteiger partial charge in [0.05, 0.1) is 5.69 Å². The summed E-state index contributed by atoms with van der Waals surface area (Å²) in [5.74, 6) is 1.52. The maximum absolute atomic E-state index is 4.76. The summed E-state index contributed by atoms with van der Waals surface area (Å²) in [4.78, 5) is 24.8. The number of guanidine groups is 1. The van der Waals surface area contributed by atoms with Gasteiger partial charge >= 0.3 is 0 Å². The first-order valence-electron chi connectivity index (χ1n) is 9.36. The van der Waals surface area contributed by atoms with Crippen LogP contribution in [0.4, 0.5) is 11.1 Å². The third kappa shape index (κ3) is 3.53. The lowest BCUT2D eigenvalue weighted by molar-refractivity contribution is 0.704. The Morgan fingerprint density at radius 1 is 1.11 bits per heavy atom. The Kier molecular flexibility index (Phi) is 4.58. The number of fused-ring (bicyclic) bond motifs is 1. The van der Waals surface area contributed by atoms with Gasteiger partial charge in [0.1, 0.15) is 5.69 Å². The summed E-state index contributed by atoms with van der Waals surface area (Å²) < 4.78 is 0. The van der Waals surface area contributed by atoms with E-state index >= 15 is 0 Å². The monoisotopic (exact) mass is 392 g/mol. The van der Waals surface area contributed by atoms with Crippen LogP contribution >= 0.6 is 11.3 Å². The van der Waals surface area contributed by atoms with Crippen molar-refractivity contribution in [1.29, 1.82) is 0 Å². The minimum absolute atomic E-state index is 0.729. The highest BCUT2D eigenvalue weighted by atomic mass is 32.1. The zero-order valence-corrected chi connectivity index (χ0v) is 16.1. The number of hydrogen-bond donors (Lipinski definition) is 2. The van der Waals surface area contributed by atoms with Crippen LogP contribution in [-0.4, -0.2) is 45.5 Å². The van der Waals surface area contributed by atoms with E-state index in [0.717, 1.165) is 67.4 Å². The standard InChI is InChI=1S/C19H20N8S/c1-5-21-17(22-6-1)26-19-25-16(12-28-19)15-3-8-23-18(24-15)27-9-4-13-2-7-20-10-14(13)11-27/h2-3,7-8,10,12H,1,4-6,9,11H2,(H2,21,22,25,26). The molecule has 0 aromatic carbocycles. The van der Waals surface area contributed by atoms with Crippen molar-refractivity contribution in [2.75, 3.05) is 29.9 Å². The van der Waals surface area contributed by atoms with Crippen LogP contribution in [-0.2, 0) is 13.0 Å². The average molecular weight is 392 g/mol. The molecule has 0 saturated heterocycles. The normalized spacial score (nSPS) is 16.1. The molecule has 5 heterocycles. The molecule has 8 nitrogen and oxygen atoms in total. The fourth-order valence-electron chi connectivity index (χ4n) is 3.36. The summed E-state index contributed by atoms with van der Waals surface area (Å²) in [6, 6.07) is 4.00. The maximum Gasteiger partial charge on any atom is 0.226 e. The van der Waals surface area contributed by atoms with Crippen molar-refractivity contribution < 1.29 is 0 Å². The molecule has 0 saturated carbocycles. The minimum Gasteiger partial charge on any atom is -0.356 e. The maximum atomic E-state index is 4.76. The topological polar surface area (TPSA) is 91.2 Å². The Morgan fingerprint density at radius 2 is 2.11 bits per heavy atom. The van der Waals surface area contributed by atoms with Crippen LogP contribution < -0.4 is 15.5 Å². The number of nitrogens with zero attached hydrogens (tertiary/aromatic N) is 6. The highest BCUT2D eigenvalue weighted by molar-refractivity contribution is 7.14. The van der Waals surface area contributed by atoms with E-state index in [-0.39, 0.29) is 0 Å². The number of hydrogen-bond acceptors (Lipinski definition) is 9. The van der Waals surface area contributed by atoms with Crippen LogP contribution in [0.1, 0.15) is 17.5 Å². The van der Waals surface area contributed by atoms with Gasteiger partial charge in [-0.3, -0.25) is 9.98 Å². The van der Waals surface area contributed by atoms with E-state index in [1.54, 1.807) is 17.5 Å². The van der Waals surface area contributed by atoms with E-state index in [1.807, 2.05) is 23.8 Å². The Hall–Kier alpha value is -3.07. The predicted molar refractivity (Wildman–Crippen MR) is 111 cm³/mol. The molecule has 0 aliphatic carbocycles. The summed E-state index contributed by atoms with van der Waals surface area (Å²) in [6.07, 6.45) is 7.63. The van der Waals surface area contributed by atoms with Crippen LogP contribution in [0.2, 0.25) is 0 Å². The molecule has 0 amide bonds. The highest BCUT2D eigenvalue weighted by Crippen LogP contribution is 2.26. The second-order valence-corrected chi connectivity index (χ2v) is 7.59. The molecule has 5 rings (SSSR count). The SMILES string of the molecule is c1cc2c(cn1)CN(c1nccc(-c3csc(NC4=NCCCN4)n3)n1)CC2. The van der Waals surface area contributed by atoms with Gasteiger partial charge in [0, 0.05) is 50.1 Å². The summed E-state index contributed by atoms with van der Waals surface area (Å²) in [5.41, 5.74) is 4.26. The van der Waals surface area contributed by atoms with E-state index in [9.17, 15) is 0 Å². The second kappa shape index (κ2) is 7.51. The number of pyridine rings is 1. The fourth-order valence-corrected chi connectivity index (χ4v) is 4.07. The van der Waals surface area contributed by atoms with Crippen molar-refractivity contribution >= 4 is 28.4 Å². The zero-order chi connectivity index (χ0) is 18.8. The van der Waals surface area contributed by atoms with Crippen LogP contribution in [0.25, 0.3) is 11.4 Å². The smallest absolute Gasteiger partial charge is 0.226 e. The number of aromatic nitrogens is 4. The lowest BCUT2D eigenvalue weighted by Gasteiger charge is -2.28. The predicted octanol–water partition coefficient (Wildman–Crippen LogP) is 2.32. The molecule has 2 aliphatic rings. The van der Waals surface area contributed by atoms with E-state index in [4.69, 9.17) is 4.98 Å². The molecule has 0 atom stereocenters. The van der Waals surface area contributed by atoms with Gasteiger partial charge in [-0.15, -0.1) is 11.3 Å². The number of rotatable bonds is 3. The van der Waals surface area contributed by atoms with E-state index in [1.165, 1.54) is 11.1 Å². The molecule has 3 aromatic rings. The Labute approximate surface area is 166 Å². The molecule has 3 aromatic heterocycles. The second-order valence-electron chi connectivity index (χ2n) is 6.73. The van der Waals surface area contributed by atoms with Gasteiger partial charge in [0.25, 0.3) is 0 Å². The average Bonchev–Trinajstić information content (AvgIpc) is 3.23. The molecule has 2 aliphatic heterocycles. The number of nitrogens with one attached hydrogen (secondary N) is 2. The largest absolute Gasteiger partial charge is 0.356 e. The van der Waals surface area contributed by atoms with E-state index in [0.29, 0.717) is 0 Å². The molecule has 142 valence electrons. The third-order valence-corrected chi connectivity index (χ3v) is 5.59. The Bertz CT molecular complexity index is 1010. The molecule has 0 bridgehead atoms. The molecular weight excluding hydrogens is 372 g/mol. The summed E-state index contributed by atoms with van der Waals surface area (Å²) in [6.45, 7) is 3.46. The molecule has 9 heteroatoms. The van der Waals surface area contributed by atoms with Crippen molar-refractivity contribution in [3.05, 3.63) is 47.2 Å². The van der Waals surface area contributed by atoms with Crippen LogP contribution in [0.3, 0.4) is 0 Å². The van der Waals surface area contributed by atoms with Crippen molar-refractivity contribution in [3.63, 3.8) is 0 Å². The fraction of sp³-hybridized carbons (Fsp3) is 0.316. The zero-order valence-electron chi connectivity index (χ0n) is 15.3. The van der Waals surface area contributed by atoms with Crippen molar-refractivity contribution in [2.45, 2.75) is 19.4 Å². The highest BCUT2D eigenvalue weighted by Gasteiger charge is 2.19. The van der Waals surface area contributed by atoms with Crippen molar-refractivity contribution in [2.24, 2.45) is 4.99 Å². The van der Waals surface area contributed by atoms with Gasteiger partial charge in [0.15, 0.2) is 11.1 Å². The quantitative estimate of drug-likeness (QED) is 0.707. The van der Waals surface area contributed by atoms with Gasteiger partial charge in [-0.1, -0.05) is 0 Å². The molecule has 0 spiro atoms. The van der Waals surface area contributed by atoms with Gasteiger partial charge in [-0.05, 0) is 36.1 Å². The molecule has 0 radical (unpaired) electrons. The van der Waals surface area contributed by atoms with E-state index < -0.39 is 0 Å². The molecule has 0 fully saturated rings. The van der Waals surface area contributed by atoms with Gasteiger partial charge in [0.2, 0.25) is 5.95 Å². The molecule has 28 heavy (non-hydrogen) atoms. The first kappa shape index (κ1) is 17.1. The first-order valence-corrected chi connectivity index (χ1v) is 10.2. The van der Waals surface area contributed by atoms with Gasteiger partial charge < -0.3 is 15.5 Å². The third-order valence-electron chi connectivity index (χ3n) is 4.83. The van der Waals surface area contributed by atoms with E-state index in [2.05, 4.69) is 41.5 Å². The van der Waals surface area contributed by atoms with Crippen molar-refractivity contribution in [1.82, 2.24) is 25.3 Å². The number of aliphatic imine (C=N–C) groups is 1. The van der Waals surface area contributed by atoms with Gasteiger partial charge in [-0.25, -0.2) is 15.0 Å². The van der Waals surface area contributed by atoms with Gasteiger partial charge in [-0.2, -0.15) is 0 Å². The Balaban J connectivity index is 1.34. The molecular formula is C19H20N8S. The molecule has 2 N–H and O–H groups in total. The number of thiazole rings is 1. The lowest BCUT2D eigenvalue weighted by atomic mass is 10.0. The van der Waals surface area contributed by atoms with Crippen molar-refractivity contribution in [3.8, 4) is 11.4 Å². The lowest BCUT2D eigenvalue weighted by Crippen LogP contribution is -2.35. The first-order chi connectivity index (χ1) is 13.8. The number of anilines is 2. The minimum atomic E-state index is 0.729. The Morgan fingerprint density at radius 3 is 3.04 bits per heavy atom. The van der Waals surface area contributed by atoms with Crippen LogP contribution in [0.5, 0.6) is 0 Å². The molecule has 0 unspecified atom stereocenters. The summed E-state index contributed by atoms with van der Waals surface area (Å²) in [5, 5.41) is 9.30. The van der Waals surface area contributed by atoms with Crippen LogP contribution in [0, 0.1) is 0 Å². The summed E-state index contributed by atoms with van der Waals surface area (Å²) >= 11 is 1.54. The van der Waals surface area contributed by atoms with Crippen LogP contribution in [0.15, 0.2) is 41.1 Å². The summed E-state index contributed by atoms with van der Waals surface area (Å²) in [7, 11) is 0.